The Morgan fingerprint density at radius 3 is 3.04 bits per heavy atom. The number of likely N-dealkylation sites (tertiary alicyclic amines) is 1. The lowest BCUT2D eigenvalue weighted by molar-refractivity contribution is -0.132. The molecule has 2 aliphatic rings. The zero-order valence-corrected chi connectivity index (χ0v) is 13.8. The fraction of sp³-hybridized carbons (Fsp3) is 0.444. The second-order valence-corrected chi connectivity index (χ2v) is 6.38. The molecule has 6 heteroatoms. The molecule has 1 amide bonds. The normalized spacial score (nSPS) is 19.0. The number of amides is 1. The first kappa shape index (κ1) is 15.1. The van der Waals surface area contributed by atoms with Gasteiger partial charge in [-0.15, -0.1) is 0 Å². The Hall–Kier alpha value is -2.50. The molecule has 1 atom stereocenters. The third-order valence-electron chi connectivity index (χ3n) is 4.75. The Morgan fingerprint density at radius 2 is 2.21 bits per heavy atom. The van der Waals surface area contributed by atoms with Crippen LogP contribution in [0.15, 0.2) is 30.6 Å². The van der Waals surface area contributed by atoms with Crippen molar-refractivity contribution in [2.45, 2.75) is 31.7 Å². The SMILES string of the molecule is Cn1cc([C@H]2CCCN2C(=O)CCc2ccc3c(c2)OCO3)cn1. The number of fused-ring (bicyclic) bond motifs is 1. The van der Waals surface area contributed by atoms with Crippen molar-refractivity contribution in [3.05, 3.63) is 41.7 Å². The highest BCUT2D eigenvalue weighted by Gasteiger charge is 2.30. The summed E-state index contributed by atoms with van der Waals surface area (Å²) in [6.45, 7) is 1.11. The molecule has 0 saturated carbocycles. The highest BCUT2D eigenvalue weighted by Crippen LogP contribution is 2.34. The number of hydrogen-bond acceptors (Lipinski definition) is 4. The monoisotopic (exact) mass is 327 g/mol. The van der Waals surface area contributed by atoms with Crippen LogP contribution in [0.3, 0.4) is 0 Å². The number of benzene rings is 1. The fourth-order valence-corrected chi connectivity index (χ4v) is 3.52. The van der Waals surface area contributed by atoms with Crippen molar-refractivity contribution in [3.63, 3.8) is 0 Å². The molecule has 0 aliphatic carbocycles. The maximum absolute atomic E-state index is 12.7. The van der Waals surface area contributed by atoms with Crippen LogP contribution in [0.1, 0.15) is 36.4 Å². The van der Waals surface area contributed by atoms with E-state index in [0.29, 0.717) is 12.8 Å². The van der Waals surface area contributed by atoms with Crippen molar-refractivity contribution < 1.29 is 14.3 Å². The predicted molar refractivity (Wildman–Crippen MR) is 87.8 cm³/mol. The van der Waals surface area contributed by atoms with Crippen molar-refractivity contribution in [2.24, 2.45) is 7.05 Å². The van der Waals surface area contributed by atoms with Crippen molar-refractivity contribution in [3.8, 4) is 11.5 Å². The number of hydrogen-bond donors (Lipinski definition) is 0. The van der Waals surface area contributed by atoms with Crippen molar-refractivity contribution >= 4 is 5.91 Å². The largest absolute Gasteiger partial charge is 0.454 e. The van der Waals surface area contributed by atoms with E-state index in [2.05, 4.69) is 5.10 Å². The standard InChI is InChI=1S/C18H21N3O3/c1-20-11-14(10-19-20)15-3-2-8-21(15)18(22)7-5-13-4-6-16-17(9-13)24-12-23-16/h4,6,9-11,15H,2-3,5,7-8,12H2,1H3/t15-/m1/s1. The van der Waals surface area contributed by atoms with E-state index in [1.54, 1.807) is 4.68 Å². The zero-order valence-electron chi connectivity index (χ0n) is 13.8. The van der Waals surface area contributed by atoms with Gasteiger partial charge in [0.1, 0.15) is 0 Å². The molecule has 3 heterocycles. The summed E-state index contributed by atoms with van der Waals surface area (Å²) in [7, 11) is 1.91. The molecule has 0 unspecified atom stereocenters. The predicted octanol–water partition coefficient (Wildman–Crippen LogP) is 2.45. The Labute approximate surface area is 141 Å². The summed E-state index contributed by atoms with van der Waals surface area (Å²) in [5.41, 5.74) is 2.23. The van der Waals surface area contributed by atoms with Crippen molar-refractivity contribution in [1.82, 2.24) is 14.7 Å². The van der Waals surface area contributed by atoms with Gasteiger partial charge in [-0.25, -0.2) is 0 Å². The van der Waals surface area contributed by atoms with Crippen LogP contribution in [0.4, 0.5) is 0 Å². The van der Waals surface area contributed by atoms with Gasteiger partial charge in [-0.05, 0) is 37.0 Å². The number of aryl methyl sites for hydroxylation is 2. The van der Waals surface area contributed by atoms with Gasteiger partial charge in [0.25, 0.3) is 0 Å². The van der Waals surface area contributed by atoms with Crippen LogP contribution in [0.25, 0.3) is 0 Å². The molecule has 4 rings (SSSR count). The summed E-state index contributed by atoms with van der Waals surface area (Å²) in [5.74, 6) is 1.76. The fourth-order valence-electron chi connectivity index (χ4n) is 3.52. The Kier molecular flexibility index (Phi) is 3.88. The first-order valence-electron chi connectivity index (χ1n) is 8.37. The maximum Gasteiger partial charge on any atom is 0.231 e. The summed E-state index contributed by atoms with van der Waals surface area (Å²) in [5, 5.41) is 4.23. The molecule has 2 aromatic rings. The van der Waals surface area contributed by atoms with Gasteiger partial charge in [0.05, 0.1) is 12.2 Å². The Bertz CT molecular complexity index is 756. The number of ether oxygens (including phenoxy) is 2. The highest BCUT2D eigenvalue weighted by molar-refractivity contribution is 5.77. The lowest BCUT2D eigenvalue weighted by atomic mass is 10.1. The molecular formula is C18H21N3O3. The van der Waals surface area contributed by atoms with Crippen molar-refractivity contribution in [1.29, 1.82) is 0 Å². The lowest BCUT2D eigenvalue weighted by Gasteiger charge is -2.24. The minimum Gasteiger partial charge on any atom is -0.454 e. The minimum absolute atomic E-state index is 0.169. The van der Waals surface area contributed by atoms with Gasteiger partial charge < -0.3 is 14.4 Å². The first-order valence-corrected chi connectivity index (χ1v) is 8.37. The van der Waals surface area contributed by atoms with E-state index in [-0.39, 0.29) is 18.7 Å². The smallest absolute Gasteiger partial charge is 0.231 e. The van der Waals surface area contributed by atoms with Crippen LogP contribution in [-0.2, 0) is 18.3 Å². The van der Waals surface area contributed by atoms with E-state index in [0.717, 1.165) is 42.0 Å². The summed E-state index contributed by atoms with van der Waals surface area (Å²) in [6, 6.07) is 6.06. The number of carbonyl (C=O) groups excluding carboxylic acids is 1. The molecule has 2 aliphatic heterocycles. The minimum atomic E-state index is 0.169. The van der Waals surface area contributed by atoms with Crippen LogP contribution in [0, 0.1) is 0 Å². The summed E-state index contributed by atoms with van der Waals surface area (Å²) in [6.07, 6.45) is 7.17. The van der Waals surface area contributed by atoms with Crippen LogP contribution in [0.5, 0.6) is 11.5 Å². The second kappa shape index (κ2) is 6.19. The van der Waals surface area contributed by atoms with E-state index < -0.39 is 0 Å². The van der Waals surface area contributed by atoms with E-state index in [1.807, 2.05) is 42.5 Å². The second-order valence-electron chi connectivity index (χ2n) is 6.38. The molecule has 0 spiro atoms. The van der Waals surface area contributed by atoms with Gasteiger partial charge in [-0.3, -0.25) is 9.48 Å². The van der Waals surface area contributed by atoms with Crippen LogP contribution >= 0.6 is 0 Å². The van der Waals surface area contributed by atoms with E-state index >= 15 is 0 Å². The molecule has 1 aromatic carbocycles. The summed E-state index contributed by atoms with van der Waals surface area (Å²) in [4.78, 5) is 14.7. The number of carbonyl (C=O) groups is 1. The first-order chi connectivity index (χ1) is 11.7. The molecule has 1 aromatic heterocycles. The highest BCUT2D eigenvalue weighted by atomic mass is 16.7. The van der Waals surface area contributed by atoms with Crippen LogP contribution in [0.2, 0.25) is 0 Å². The van der Waals surface area contributed by atoms with E-state index in [9.17, 15) is 4.79 Å². The van der Waals surface area contributed by atoms with Gasteiger partial charge in [0.2, 0.25) is 12.7 Å². The van der Waals surface area contributed by atoms with Gasteiger partial charge in [0.15, 0.2) is 11.5 Å². The summed E-state index contributed by atoms with van der Waals surface area (Å²) < 4.78 is 12.5. The van der Waals surface area contributed by atoms with Crippen LogP contribution < -0.4 is 9.47 Å². The molecular weight excluding hydrogens is 306 g/mol. The lowest BCUT2D eigenvalue weighted by Crippen LogP contribution is -2.30. The van der Waals surface area contributed by atoms with Gasteiger partial charge in [-0.2, -0.15) is 5.10 Å². The molecule has 6 nitrogen and oxygen atoms in total. The third-order valence-corrected chi connectivity index (χ3v) is 4.75. The molecule has 0 radical (unpaired) electrons. The maximum atomic E-state index is 12.7. The number of rotatable bonds is 4. The Balaban J connectivity index is 1.40. The average molecular weight is 327 g/mol. The molecule has 24 heavy (non-hydrogen) atoms. The number of aromatic nitrogens is 2. The quantitative estimate of drug-likeness (QED) is 0.865. The zero-order chi connectivity index (χ0) is 16.5. The summed E-state index contributed by atoms with van der Waals surface area (Å²) >= 11 is 0. The van der Waals surface area contributed by atoms with Crippen LogP contribution in [-0.4, -0.2) is 33.9 Å². The average Bonchev–Trinajstić information content (AvgIpc) is 3.31. The molecule has 0 N–H and O–H groups in total. The number of nitrogens with zero attached hydrogens (tertiary/aromatic N) is 3. The van der Waals surface area contributed by atoms with E-state index in [1.165, 1.54) is 0 Å². The third kappa shape index (κ3) is 2.84. The van der Waals surface area contributed by atoms with Gasteiger partial charge in [0, 0.05) is 31.8 Å². The topological polar surface area (TPSA) is 56.6 Å². The Morgan fingerprint density at radius 1 is 1.33 bits per heavy atom. The van der Waals surface area contributed by atoms with E-state index in [4.69, 9.17) is 9.47 Å². The molecule has 1 fully saturated rings. The van der Waals surface area contributed by atoms with Gasteiger partial charge >= 0.3 is 0 Å². The molecule has 1 saturated heterocycles. The molecule has 126 valence electrons. The van der Waals surface area contributed by atoms with Crippen molar-refractivity contribution in [2.75, 3.05) is 13.3 Å². The van der Waals surface area contributed by atoms with Gasteiger partial charge in [-0.1, -0.05) is 6.07 Å². The molecule has 0 bridgehead atoms.